The zero-order valence-corrected chi connectivity index (χ0v) is 23.7. The van der Waals surface area contributed by atoms with Gasteiger partial charge in [0.15, 0.2) is 0 Å². The summed E-state index contributed by atoms with van der Waals surface area (Å²) in [6.45, 7) is 5.24. The first kappa shape index (κ1) is 29.5. The number of nitrogens with one attached hydrogen (secondary N) is 4. The fourth-order valence-electron chi connectivity index (χ4n) is 4.53. The maximum Gasteiger partial charge on any atom is 0.252 e. The second kappa shape index (κ2) is 14.2. The SMILES string of the molecule is CC(C)(NC(=O)c1ccccc1)C(=O)N[C@H](Cc1ccc2ccccc2c1)C(=O)NCCCNCc1ccccc1. The Labute approximate surface area is 241 Å². The summed E-state index contributed by atoms with van der Waals surface area (Å²) in [5.74, 6) is -1.06. The minimum absolute atomic E-state index is 0.264. The van der Waals surface area contributed by atoms with Crippen LogP contribution < -0.4 is 21.3 Å². The summed E-state index contributed by atoms with van der Waals surface area (Å²) >= 11 is 0. The maximum atomic E-state index is 13.4. The Balaban J connectivity index is 1.38. The van der Waals surface area contributed by atoms with Crippen LogP contribution in [0.15, 0.2) is 103 Å². The molecule has 0 radical (unpaired) electrons. The van der Waals surface area contributed by atoms with Gasteiger partial charge in [0.1, 0.15) is 11.6 Å². The molecule has 1 atom stereocenters. The van der Waals surface area contributed by atoms with E-state index in [1.54, 1.807) is 38.1 Å². The van der Waals surface area contributed by atoms with Crippen molar-refractivity contribution in [3.63, 3.8) is 0 Å². The molecule has 0 saturated carbocycles. The molecule has 7 heteroatoms. The minimum atomic E-state index is -1.24. The van der Waals surface area contributed by atoms with E-state index in [1.165, 1.54) is 5.56 Å². The topological polar surface area (TPSA) is 99.3 Å². The van der Waals surface area contributed by atoms with Gasteiger partial charge in [-0.15, -0.1) is 0 Å². The van der Waals surface area contributed by atoms with E-state index in [0.717, 1.165) is 35.8 Å². The molecule has 4 aromatic rings. The van der Waals surface area contributed by atoms with Gasteiger partial charge >= 0.3 is 0 Å². The van der Waals surface area contributed by atoms with Crippen LogP contribution in [0.4, 0.5) is 0 Å². The number of amides is 3. The van der Waals surface area contributed by atoms with E-state index in [-0.39, 0.29) is 11.8 Å². The normalized spacial score (nSPS) is 12.0. The van der Waals surface area contributed by atoms with E-state index >= 15 is 0 Å². The highest BCUT2D eigenvalue weighted by molar-refractivity contribution is 6.00. The Hall–Kier alpha value is -4.49. The van der Waals surface area contributed by atoms with Crippen molar-refractivity contribution in [2.24, 2.45) is 0 Å². The van der Waals surface area contributed by atoms with Crippen molar-refractivity contribution in [1.82, 2.24) is 21.3 Å². The largest absolute Gasteiger partial charge is 0.354 e. The molecular formula is C34H38N4O3. The minimum Gasteiger partial charge on any atom is -0.354 e. The van der Waals surface area contributed by atoms with Gasteiger partial charge in [0.25, 0.3) is 5.91 Å². The standard InChI is InChI=1S/C34H38N4O3/c1-34(2,38-31(39)28-15-7-4-8-16-28)33(41)37-30(23-26-18-19-27-14-9-10-17-29(27)22-26)32(40)36-21-11-20-35-24-25-12-5-3-6-13-25/h3-10,12-19,22,30,35H,11,20-21,23-24H2,1-2H3,(H,36,40)(H,37,41)(H,38,39)/t30-/m1/s1. The van der Waals surface area contributed by atoms with E-state index in [0.29, 0.717) is 18.5 Å². The van der Waals surface area contributed by atoms with Crippen LogP contribution in [0.25, 0.3) is 10.8 Å². The van der Waals surface area contributed by atoms with Gasteiger partial charge in [-0.3, -0.25) is 14.4 Å². The molecule has 4 aromatic carbocycles. The first-order valence-electron chi connectivity index (χ1n) is 14.0. The van der Waals surface area contributed by atoms with E-state index < -0.39 is 17.5 Å². The second-order valence-corrected chi connectivity index (χ2v) is 10.7. The lowest BCUT2D eigenvalue weighted by Gasteiger charge is -2.28. The van der Waals surface area contributed by atoms with Gasteiger partial charge in [-0.25, -0.2) is 0 Å². The zero-order chi connectivity index (χ0) is 29.1. The number of fused-ring (bicyclic) bond motifs is 1. The lowest BCUT2D eigenvalue weighted by atomic mass is 9.98. The van der Waals surface area contributed by atoms with E-state index in [9.17, 15) is 14.4 Å². The smallest absolute Gasteiger partial charge is 0.252 e. The summed E-state index contributed by atoms with van der Waals surface area (Å²) in [5, 5.41) is 14.2. The van der Waals surface area contributed by atoms with Crippen molar-refractivity contribution in [3.05, 3.63) is 120 Å². The Bertz CT molecular complexity index is 1450. The molecule has 4 N–H and O–H groups in total. The van der Waals surface area contributed by atoms with E-state index in [2.05, 4.69) is 33.4 Å². The first-order valence-corrected chi connectivity index (χ1v) is 14.0. The first-order chi connectivity index (χ1) is 19.8. The summed E-state index contributed by atoms with van der Waals surface area (Å²) in [6.07, 6.45) is 1.06. The molecule has 0 fully saturated rings. The van der Waals surface area contributed by atoms with Gasteiger partial charge in [0.2, 0.25) is 11.8 Å². The molecule has 0 aliphatic rings. The molecule has 0 unspecified atom stereocenters. The average molecular weight is 551 g/mol. The third-order valence-corrected chi connectivity index (χ3v) is 6.91. The number of hydrogen-bond acceptors (Lipinski definition) is 4. The number of hydrogen-bond donors (Lipinski definition) is 4. The molecular weight excluding hydrogens is 512 g/mol. The van der Waals surface area contributed by atoms with Gasteiger partial charge in [-0.1, -0.05) is 91.0 Å². The highest BCUT2D eigenvalue weighted by Crippen LogP contribution is 2.17. The molecule has 41 heavy (non-hydrogen) atoms. The third kappa shape index (κ3) is 8.75. The predicted octanol–water partition coefficient (Wildman–Crippen LogP) is 4.37. The van der Waals surface area contributed by atoms with Crippen LogP contribution in [0.3, 0.4) is 0 Å². The molecule has 0 aliphatic carbocycles. The van der Waals surface area contributed by atoms with Crippen LogP contribution in [0.2, 0.25) is 0 Å². The molecule has 3 amide bonds. The molecule has 0 spiro atoms. The highest BCUT2D eigenvalue weighted by Gasteiger charge is 2.33. The number of benzene rings is 4. The van der Waals surface area contributed by atoms with Crippen LogP contribution in [-0.4, -0.2) is 42.4 Å². The molecule has 7 nitrogen and oxygen atoms in total. The second-order valence-electron chi connectivity index (χ2n) is 10.7. The Morgan fingerprint density at radius 3 is 2.12 bits per heavy atom. The lowest BCUT2D eigenvalue weighted by molar-refractivity contribution is -0.131. The summed E-state index contributed by atoms with van der Waals surface area (Å²) in [5.41, 5.74) is 1.35. The van der Waals surface area contributed by atoms with Crippen molar-refractivity contribution in [2.45, 2.75) is 44.8 Å². The van der Waals surface area contributed by atoms with E-state index in [1.807, 2.05) is 66.7 Å². The van der Waals surface area contributed by atoms with Crippen LogP contribution in [-0.2, 0) is 22.6 Å². The van der Waals surface area contributed by atoms with Crippen LogP contribution >= 0.6 is 0 Å². The van der Waals surface area contributed by atoms with Crippen molar-refractivity contribution < 1.29 is 14.4 Å². The molecule has 0 aliphatic heterocycles. The Kier molecular flexibility index (Phi) is 10.2. The number of rotatable bonds is 13. The average Bonchev–Trinajstić information content (AvgIpc) is 2.99. The summed E-state index contributed by atoms with van der Waals surface area (Å²) in [6, 6.07) is 32.1. The lowest BCUT2D eigenvalue weighted by Crippen LogP contribution is -2.59. The van der Waals surface area contributed by atoms with Crippen molar-refractivity contribution in [3.8, 4) is 0 Å². The van der Waals surface area contributed by atoms with Gasteiger partial charge in [-0.2, -0.15) is 0 Å². The van der Waals surface area contributed by atoms with Crippen molar-refractivity contribution in [2.75, 3.05) is 13.1 Å². The van der Waals surface area contributed by atoms with Crippen LogP contribution in [0, 0.1) is 0 Å². The third-order valence-electron chi connectivity index (χ3n) is 6.91. The molecule has 4 rings (SSSR count). The Morgan fingerprint density at radius 2 is 1.39 bits per heavy atom. The molecule has 0 aromatic heterocycles. The van der Waals surface area contributed by atoms with Gasteiger partial charge in [-0.05, 0) is 60.8 Å². The Morgan fingerprint density at radius 1 is 0.732 bits per heavy atom. The van der Waals surface area contributed by atoms with E-state index in [4.69, 9.17) is 0 Å². The molecule has 212 valence electrons. The van der Waals surface area contributed by atoms with Gasteiger partial charge < -0.3 is 21.3 Å². The number of carbonyl (C=O) groups excluding carboxylic acids is 3. The van der Waals surface area contributed by atoms with Gasteiger partial charge in [0.05, 0.1) is 0 Å². The fraction of sp³-hybridized carbons (Fsp3) is 0.265. The van der Waals surface area contributed by atoms with Gasteiger partial charge in [0, 0.05) is 25.1 Å². The van der Waals surface area contributed by atoms with Crippen LogP contribution in [0.1, 0.15) is 41.8 Å². The van der Waals surface area contributed by atoms with Crippen molar-refractivity contribution >= 4 is 28.5 Å². The highest BCUT2D eigenvalue weighted by atomic mass is 16.2. The molecule has 0 saturated heterocycles. The summed E-state index contributed by atoms with van der Waals surface area (Å²) in [7, 11) is 0. The van der Waals surface area contributed by atoms with Crippen molar-refractivity contribution in [1.29, 1.82) is 0 Å². The quantitative estimate of drug-likeness (QED) is 0.186. The predicted molar refractivity (Wildman–Crippen MR) is 163 cm³/mol. The zero-order valence-electron chi connectivity index (χ0n) is 23.7. The summed E-state index contributed by atoms with van der Waals surface area (Å²) < 4.78 is 0. The molecule has 0 heterocycles. The van der Waals surface area contributed by atoms with Crippen LogP contribution in [0.5, 0.6) is 0 Å². The molecule has 0 bridgehead atoms. The monoisotopic (exact) mass is 550 g/mol. The number of carbonyl (C=O) groups is 3. The fourth-order valence-corrected chi connectivity index (χ4v) is 4.53. The maximum absolute atomic E-state index is 13.4. The summed E-state index contributed by atoms with van der Waals surface area (Å²) in [4.78, 5) is 39.5.